The van der Waals surface area contributed by atoms with Gasteiger partial charge in [0.15, 0.2) is 0 Å². The molecule has 0 saturated heterocycles. The van der Waals surface area contributed by atoms with Gasteiger partial charge in [0.2, 0.25) is 0 Å². The second kappa shape index (κ2) is 5.94. The zero-order valence-electron chi connectivity index (χ0n) is 11.7. The molecule has 1 N–H and O–H groups in total. The molecule has 1 saturated carbocycles. The average Bonchev–Trinajstić information content (AvgIpc) is 2.82. The first kappa shape index (κ1) is 15.6. The van der Waals surface area contributed by atoms with Gasteiger partial charge in [-0.05, 0) is 31.5 Å². The van der Waals surface area contributed by atoms with Crippen molar-refractivity contribution in [1.29, 1.82) is 5.26 Å². The molecule has 0 heterocycles. The Bertz CT molecular complexity index is 538. The van der Waals surface area contributed by atoms with Crippen molar-refractivity contribution in [2.45, 2.75) is 44.0 Å². The fourth-order valence-electron chi connectivity index (χ4n) is 2.72. The minimum atomic E-state index is -4.44. The van der Waals surface area contributed by atoms with Gasteiger partial charge in [-0.2, -0.15) is 18.4 Å². The molecule has 1 aliphatic rings. The maximum atomic E-state index is 12.9. The van der Waals surface area contributed by atoms with Gasteiger partial charge in [0.25, 0.3) is 0 Å². The van der Waals surface area contributed by atoms with Gasteiger partial charge >= 0.3 is 6.18 Å². The Labute approximate surface area is 121 Å². The quantitative estimate of drug-likeness (QED) is 0.925. The summed E-state index contributed by atoms with van der Waals surface area (Å²) >= 11 is 0. The molecule has 2 atom stereocenters. The number of nitrogens with zero attached hydrogens (tertiary/aromatic N) is 1. The average molecular weight is 298 g/mol. The molecule has 114 valence electrons. The third-order valence-corrected chi connectivity index (χ3v) is 3.68. The predicted molar refractivity (Wildman–Crippen MR) is 71.7 cm³/mol. The lowest BCUT2D eigenvalue weighted by molar-refractivity contribution is -0.139. The summed E-state index contributed by atoms with van der Waals surface area (Å²) in [5, 5.41) is 12.4. The second-order valence-electron chi connectivity index (χ2n) is 5.20. The van der Waals surface area contributed by atoms with Crippen LogP contribution in [-0.4, -0.2) is 18.2 Å². The number of halogens is 3. The van der Waals surface area contributed by atoms with E-state index < -0.39 is 17.3 Å². The van der Waals surface area contributed by atoms with E-state index in [0.717, 1.165) is 6.07 Å². The van der Waals surface area contributed by atoms with Crippen LogP contribution in [0.5, 0.6) is 5.75 Å². The lowest BCUT2D eigenvalue weighted by Gasteiger charge is -2.22. The van der Waals surface area contributed by atoms with Gasteiger partial charge in [0.05, 0.1) is 11.6 Å². The highest BCUT2D eigenvalue weighted by molar-refractivity contribution is 5.36. The van der Waals surface area contributed by atoms with Crippen LogP contribution in [0.2, 0.25) is 0 Å². The molecular weight excluding hydrogens is 281 g/mol. The van der Waals surface area contributed by atoms with Crippen LogP contribution in [-0.2, 0) is 6.18 Å². The third kappa shape index (κ3) is 3.48. The number of alkyl halides is 3. The van der Waals surface area contributed by atoms with Gasteiger partial charge in [-0.3, -0.25) is 5.32 Å². The maximum Gasteiger partial charge on any atom is 0.419 e. The number of ether oxygens (including phenoxy) is 1. The lowest BCUT2D eigenvalue weighted by Crippen LogP contribution is -2.42. The molecule has 0 bridgehead atoms. The lowest BCUT2D eigenvalue weighted by atomic mass is 10.00. The van der Waals surface area contributed by atoms with E-state index in [9.17, 15) is 18.4 Å². The predicted octanol–water partition coefficient (Wildman–Crippen LogP) is 3.51. The zero-order chi connectivity index (χ0) is 15.5. The highest BCUT2D eigenvalue weighted by Crippen LogP contribution is 2.39. The molecule has 21 heavy (non-hydrogen) atoms. The molecule has 2 unspecified atom stereocenters. The Morgan fingerprint density at radius 2 is 2.14 bits per heavy atom. The Morgan fingerprint density at radius 3 is 2.76 bits per heavy atom. The Balaban J connectivity index is 2.13. The number of benzene rings is 1. The van der Waals surface area contributed by atoms with E-state index in [4.69, 9.17) is 4.74 Å². The van der Waals surface area contributed by atoms with Crippen molar-refractivity contribution in [3.63, 3.8) is 0 Å². The molecule has 1 fully saturated rings. The van der Waals surface area contributed by atoms with Gasteiger partial charge in [0, 0.05) is 6.42 Å². The summed E-state index contributed by atoms with van der Waals surface area (Å²) in [5.74, 6) is -0.166. The first-order valence-corrected chi connectivity index (χ1v) is 6.89. The van der Waals surface area contributed by atoms with Crippen molar-refractivity contribution < 1.29 is 17.9 Å². The van der Waals surface area contributed by atoms with Crippen molar-refractivity contribution in [1.82, 2.24) is 5.32 Å². The smallest absolute Gasteiger partial charge is 0.419 e. The van der Waals surface area contributed by atoms with Crippen molar-refractivity contribution >= 4 is 0 Å². The number of rotatable bonds is 4. The number of hydrogen-bond donors (Lipinski definition) is 1. The first-order valence-electron chi connectivity index (χ1n) is 6.89. The molecule has 0 radical (unpaired) electrons. The molecule has 2 rings (SSSR count). The molecule has 1 aliphatic carbocycles. The van der Waals surface area contributed by atoms with E-state index in [1.165, 1.54) is 18.2 Å². The van der Waals surface area contributed by atoms with Gasteiger partial charge in [-0.15, -0.1) is 0 Å². The van der Waals surface area contributed by atoms with Crippen molar-refractivity contribution in [2.24, 2.45) is 0 Å². The molecule has 3 nitrogen and oxygen atoms in total. The second-order valence-corrected chi connectivity index (χ2v) is 5.20. The maximum absolute atomic E-state index is 12.9. The van der Waals surface area contributed by atoms with Gasteiger partial charge in [-0.1, -0.05) is 19.1 Å². The molecule has 1 aromatic carbocycles. The van der Waals surface area contributed by atoms with Crippen molar-refractivity contribution in [2.75, 3.05) is 6.54 Å². The normalized spacial score (nSPS) is 25.6. The van der Waals surface area contributed by atoms with Crippen LogP contribution >= 0.6 is 0 Å². The summed E-state index contributed by atoms with van der Waals surface area (Å²) < 4.78 is 44.3. The fourth-order valence-corrected chi connectivity index (χ4v) is 2.72. The summed E-state index contributed by atoms with van der Waals surface area (Å²) in [6.45, 7) is 2.53. The first-order chi connectivity index (χ1) is 9.90. The molecule has 0 spiro atoms. The molecular formula is C15H17F3N2O. The number of nitrogens with one attached hydrogen (secondary N) is 1. The molecule has 0 aromatic heterocycles. The van der Waals surface area contributed by atoms with E-state index in [2.05, 4.69) is 11.4 Å². The Hall–Kier alpha value is -1.74. The standard InChI is InChI=1S/C15H17F3N2O/c1-2-20-14(10-19)8-7-11(9-14)21-13-6-4-3-5-12(13)15(16,17)18/h3-6,11,20H,2,7-9H2,1H3. The van der Waals surface area contributed by atoms with E-state index in [1.807, 2.05) is 6.92 Å². The van der Waals surface area contributed by atoms with Gasteiger partial charge in [0.1, 0.15) is 17.4 Å². The Kier molecular flexibility index (Phi) is 4.43. The van der Waals surface area contributed by atoms with E-state index in [-0.39, 0.29) is 11.9 Å². The third-order valence-electron chi connectivity index (χ3n) is 3.68. The largest absolute Gasteiger partial charge is 0.490 e. The summed E-state index contributed by atoms with van der Waals surface area (Å²) in [4.78, 5) is 0. The number of hydrogen-bond acceptors (Lipinski definition) is 3. The summed E-state index contributed by atoms with van der Waals surface area (Å²) in [5.41, 5.74) is -1.46. The van der Waals surface area contributed by atoms with E-state index >= 15 is 0 Å². The molecule has 0 aliphatic heterocycles. The monoisotopic (exact) mass is 298 g/mol. The van der Waals surface area contributed by atoms with Gasteiger partial charge < -0.3 is 4.74 Å². The van der Waals surface area contributed by atoms with Crippen LogP contribution in [0.25, 0.3) is 0 Å². The van der Waals surface area contributed by atoms with Crippen LogP contribution in [0.15, 0.2) is 24.3 Å². The van der Waals surface area contributed by atoms with Crippen LogP contribution in [0.3, 0.4) is 0 Å². The molecule has 0 amide bonds. The summed E-state index contributed by atoms with van der Waals surface area (Å²) in [6, 6.07) is 7.40. The minimum Gasteiger partial charge on any atom is -0.490 e. The van der Waals surface area contributed by atoms with E-state index in [0.29, 0.717) is 25.8 Å². The van der Waals surface area contributed by atoms with Crippen molar-refractivity contribution in [3.05, 3.63) is 29.8 Å². The van der Waals surface area contributed by atoms with Crippen LogP contribution in [0, 0.1) is 11.3 Å². The van der Waals surface area contributed by atoms with E-state index in [1.54, 1.807) is 0 Å². The number of nitriles is 1. The minimum absolute atomic E-state index is 0.166. The summed E-state index contributed by atoms with van der Waals surface area (Å²) in [7, 11) is 0. The highest BCUT2D eigenvalue weighted by Gasteiger charge is 2.41. The zero-order valence-corrected chi connectivity index (χ0v) is 11.7. The highest BCUT2D eigenvalue weighted by atomic mass is 19.4. The van der Waals surface area contributed by atoms with Gasteiger partial charge in [-0.25, -0.2) is 0 Å². The summed E-state index contributed by atoms with van der Waals surface area (Å²) in [6.07, 6.45) is -3.29. The molecule has 1 aromatic rings. The fraction of sp³-hybridized carbons (Fsp3) is 0.533. The SMILES string of the molecule is CCNC1(C#N)CCC(Oc2ccccc2C(F)(F)F)C1. The van der Waals surface area contributed by atoms with Crippen LogP contribution in [0.1, 0.15) is 31.7 Å². The molecule has 6 heteroatoms. The van der Waals surface area contributed by atoms with Crippen LogP contribution in [0.4, 0.5) is 13.2 Å². The van der Waals surface area contributed by atoms with Crippen molar-refractivity contribution in [3.8, 4) is 11.8 Å². The Morgan fingerprint density at radius 1 is 1.43 bits per heavy atom. The topological polar surface area (TPSA) is 45.0 Å². The van der Waals surface area contributed by atoms with Crippen LogP contribution < -0.4 is 10.1 Å². The number of para-hydroxylation sites is 1.